The molecular formula is C19H19ClFNO3S. The van der Waals surface area contributed by atoms with Gasteiger partial charge in [-0.3, -0.25) is 9.59 Å². The van der Waals surface area contributed by atoms with Crippen molar-refractivity contribution in [2.75, 3.05) is 11.1 Å². The van der Waals surface area contributed by atoms with Crippen LogP contribution < -0.4 is 5.32 Å². The SMILES string of the molecule is Cc1ccc(C)c(SCC(=O)OC(C)C(=O)Nc2ccc(F)cc2Cl)c1. The second-order valence-corrected chi connectivity index (χ2v) is 7.23. The molecule has 0 aliphatic rings. The molecule has 1 atom stereocenters. The zero-order valence-electron chi connectivity index (χ0n) is 14.6. The molecule has 0 radical (unpaired) electrons. The number of thioether (sulfide) groups is 1. The van der Waals surface area contributed by atoms with Crippen LogP contribution in [-0.4, -0.2) is 23.7 Å². The zero-order valence-corrected chi connectivity index (χ0v) is 16.2. The molecular weight excluding hydrogens is 377 g/mol. The van der Waals surface area contributed by atoms with Crippen LogP contribution >= 0.6 is 23.4 Å². The van der Waals surface area contributed by atoms with E-state index in [9.17, 15) is 14.0 Å². The van der Waals surface area contributed by atoms with Gasteiger partial charge < -0.3 is 10.1 Å². The number of hydrogen-bond acceptors (Lipinski definition) is 4. The van der Waals surface area contributed by atoms with E-state index in [0.717, 1.165) is 22.1 Å². The molecule has 0 saturated heterocycles. The van der Waals surface area contributed by atoms with Gasteiger partial charge in [0, 0.05) is 4.90 Å². The van der Waals surface area contributed by atoms with Crippen molar-refractivity contribution in [2.24, 2.45) is 0 Å². The first-order chi connectivity index (χ1) is 12.3. The first kappa shape index (κ1) is 20.3. The molecule has 0 aromatic heterocycles. The fourth-order valence-corrected chi connectivity index (χ4v) is 3.23. The van der Waals surface area contributed by atoms with Gasteiger partial charge in [-0.25, -0.2) is 4.39 Å². The summed E-state index contributed by atoms with van der Waals surface area (Å²) in [5.74, 6) is -1.44. The Morgan fingerprint density at radius 3 is 2.65 bits per heavy atom. The first-order valence-corrected chi connectivity index (χ1v) is 9.28. The first-order valence-electron chi connectivity index (χ1n) is 7.91. The zero-order chi connectivity index (χ0) is 19.3. The highest BCUT2D eigenvalue weighted by Gasteiger charge is 2.19. The van der Waals surface area contributed by atoms with Gasteiger partial charge in [0.05, 0.1) is 16.5 Å². The lowest BCUT2D eigenvalue weighted by Crippen LogP contribution is -2.30. The lowest BCUT2D eigenvalue weighted by molar-refractivity contribution is -0.150. The molecule has 0 heterocycles. The molecule has 1 unspecified atom stereocenters. The summed E-state index contributed by atoms with van der Waals surface area (Å²) in [6, 6.07) is 9.62. The molecule has 2 rings (SSSR count). The van der Waals surface area contributed by atoms with E-state index < -0.39 is 23.8 Å². The van der Waals surface area contributed by atoms with E-state index in [-0.39, 0.29) is 16.5 Å². The molecule has 1 amide bonds. The van der Waals surface area contributed by atoms with Crippen molar-refractivity contribution in [2.45, 2.75) is 31.8 Å². The van der Waals surface area contributed by atoms with E-state index >= 15 is 0 Å². The number of nitrogens with one attached hydrogen (secondary N) is 1. The highest BCUT2D eigenvalue weighted by atomic mass is 35.5. The summed E-state index contributed by atoms with van der Waals surface area (Å²) in [4.78, 5) is 25.1. The monoisotopic (exact) mass is 395 g/mol. The molecule has 138 valence electrons. The summed E-state index contributed by atoms with van der Waals surface area (Å²) in [6.07, 6.45) is -0.997. The maximum atomic E-state index is 13.0. The van der Waals surface area contributed by atoms with Crippen molar-refractivity contribution in [1.82, 2.24) is 0 Å². The van der Waals surface area contributed by atoms with E-state index in [1.54, 1.807) is 0 Å². The summed E-state index contributed by atoms with van der Waals surface area (Å²) in [7, 11) is 0. The van der Waals surface area contributed by atoms with Gasteiger partial charge in [-0.05, 0) is 50.6 Å². The van der Waals surface area contributed by atoms with Crippen molar-refractivity contribution in [1.29, 1.82) is 0 Å². The van der Waals surface area contributed by atoms with Gasteiger partial charge in [-0.2, -0.15) is 0 Å². The van der Waals surface area contributed by atoms with Crippen LogP contribution in [0.3, 0.4) is 0 Å². The lowest BCUT2D eigenvalue weighted by Gasteiger charge is -2.14. The number of esters is 1. The number of carbonyl (C=O) groups excluding carboxylic acids is 2. The number of amides is 1. The maximum Gasteiger partial charge on any atom is 0.317 e. The summed E-state index contributed by atoms with van der Waals surface area (Å²) < 4.78 is 18.2. The average Bonchev–Trinajstić information content (AvgIpc) is 2.58. The molecule has 7 heteroatoms. The number of carbonyl (C=O) groups is 2. The highest BCUT2D eigenvalue weighted by Crippen LogP contribution is 2.24. The van der Waals surface area contributed by atoms with Gasteiger partial charge in [0.1, 0.15) is 5.82 Å². The molecule has 4 nitrogen and oxygen atoms in total. The number of aryl methyl sites for hydroxylation is 2. The molecule has 0 spiro atoms. The van der Waals surface area contributed by atoms with E-state index in [0.29, 0.717) is 0 Å². The second kappa shape index (κ2) is 9.05. The Morgan fingerprint density at radius 2 is 1.96 bits per heavy atom. The topological polar surface area (TPSA) is 55.4 Å². The third kappa shape index (κ3) is 5.75. The normalized spacial score (nSPS) is 11.7. The minimum Gasteiger partial charge on any atom is -0.452 e. The molecule has 26 heavy (non-hydrogen) atoms. The van der Waals surface area contributed by atoms with Crippen molar-refractivity contribution in [3.8, 4) is 0 Å². The molecule has 0 saturated carbocycles. The number of rotatable bonds is 6. The Kier molecular flexibility index (Phi) is 7.06. The maximum absolute atomic E-state index is 13.0. The quantitative estimate of drug-likeness (QED) is 0.566. The van der Waals surface area contributed by atoms with Gasteiger partial charge in [0.25, 0.3) is 5.91 Å². The lowest BCUT2D eigenvalue weighted by atomic mass is 10.2. The Balaban J connectivity index is 1.87. The predicted octanol–water partition coefficient (Wildman–Crippen LogP) is 4.76. The van der Waals surface area contributed by atoms with Crippen LogP contribution in [0.5, 0.6) is 0 Å². The van der Waals surface area contributed by atoms with Gasteiger partial charge in [-0.15, -0.1) is 11.8 Å². The summed E-state index contributed by atoms with van der Waals surface area (Å²) in [6.45, 7) is 5.41. The number of benzene rings is 2. The van der Waals surface area contributed by atoms with Crippen LogP contribution in [0.4, 0.5) is 10.1 Å². The fourth-order valence-electron chi connectivity index (χ4n) is 2.11. The Labute approximate surface area is 161 Å². The summed E-state index contributed by atoms with van der Waals surface area (Å²) in [5.41, 5.74) is 2.44. The van der Waals surface area contributed by atoms with Crippen molar-refractivity contribution < 1.29 is 18.7 Å². The highest BCUT2D eigenvalue weighted by molar-refractivity contribution is 8.00. The Bertz CT molecular complexity index is 828. The van der Waals surface area contributed by atoms with Gasteiger partial charge in [0.15, 0.2) is 6.10 Å². The van der Waals surface area contributed by atoms with Crippen LogP contribution in [0, 0.1) is 19.7 Å². The standard InChI is InChI=1S/C19H19ClFNO3S/c1-11-4-5-12(2)17(8-11)26-10-18(23)25-13(3)19(24)22-16-7-6-14(21)9-15(16)20/h4-9,13H,10H2,1-3H3,(H,22,24). The molecule has 2 aromatic carbocycles. The molecule has 0 fully saturated rings. The van der Waals surface area contributed by atoms with Crippen LogP contribution in [0.2, 0.25) is 5.02 Å². The van der Waals surface area contributed by atoms with Crippen molar-refractivity contribution in [3.63, 3.8) is 0 Å². The molecule has 0 bridgehead atoms. The molecule has 0 aliphatic heterocycles. The van der Waals surface area contributed by atoms with Crippen LogP contribution in [-0.2, 0) is 14.3 Å². The predicted molar refractivity (Wildman–Crippen MR) is 102 cm³/mol. The van der Waals surface area contributed by atoms with Crippen molar-refractivity contribution in [3.05, 3.63) is 58.4 Å². The van der Waals surface area contributed by atoms with Crippen LogP contribution in [0.25, 0.3) is 0 Å². The number of halogens is 2. The van der Waals surface area contributed by atoms with E-state index in [4.69, 9.17) is 16.3 Å². The molecule has 2 aromatic rings. The van der Waals surface area contributed by atoms with Crippen LogP contribution in [0.1, 0.15) is 18.1 Å². The summed E-state index contributed by atoms with van der Waals surface area (Å²) in [5, 5.41) is 2.58. The number of anilines is 1. The van der Waals surface area contributed by atoms with Crippen LogP contribution in [0.15, 0.2) is 41.3 Å². The number of ether oxygens (including phenoxy) is 1. The van der Waals surface area contributed by atoms with Gasteiger partial charge in [0.2, 0.25) is 0 Å². The van der Waals surface area contributed by atoms with E-state index in [2.05, 4.69) is 5.32 Å². The largest absolute Gasteiger partial charge is 0.452 e. The molecule has 1 N–H and O–H groups in total. The summed E-state index contributed by atoms with van der Waals surface area (Å²) >= 11 is 7.23. The Hall–Kier alpha value is -2.05. The Morgan fingerprint density at radius 1 is 1.23 bits per heavy atom. The minimum atomic E-state index is -0.997. The van der Waals surface area contributed by atoms with E-state index in [1.807, 2.05) is 32.0 Å². The smallest absolute Gasteiger partial charge is 0.317 e. The van der Waals surface area contributed by atoms with Gasteiger partial charge in [-0.1, -0.05) is 29.3 Å². The third-order valence-corrected chi connectivity index (χ3v) is 5.00. The van der Waals surface area contributed by atoms with Gasteiger partial charge >= 0.3 is 5.97 Å². The third-order valence-electron chi connectivity index (χ3n) is 3.56. The van der Waals surface area contributed by atoms with E-state index in [1.165, 1.54) is 30.8 Å². The number of hydrogen-bond donors (Lipinski definition) is 1. The molecule has 0 aliphatic carbocycles. The second-order valence-electron chi connectivity index (χ2n) is 5.80. The fraction of sp³-hybridized carbons (Fsp3) is 0.263. The minimum absolute atomic E-state index is 0.0716. The van der Waals surface area contributed by atoms with Crippen molar-refractivity contribution >= 4 is 40.9 Å². The average molecular weight is 396 g/mol.